The van der Waals surface area contributed by atoms with E-state index in [1.54, 1.807) is 6.07 Å². The first-order chi connectivity index (χ1) is 6.70. The standard InChI is InChI=1S/C10H8BClO2/c12-9-6-5-7-3-1-2-4-8(7)10(9)11(13)14/h1-6,13-14H. The fourth-order valence-corrected chi connectivity index (χ4v) is 1.79. The summed E-state index contributed by atoms with van der Waals surface area (Å²) in [6.45, 7) is 0. The molecule has 0 heterocycles. The van der Waals surface area contributed by atoms with E-state index >= 15 is 0 Å². The lowest BCUT2D eigenvalue weighted by atomic mass is 9.77. The van der Waals surface area contributed by atoms with Gasteiger partial charge in [0, 0.05) is 10.5 Å². The number of halogens is 1. The molecule has 0 saturated carbocycles. The predicted molar refractivity (Wildman–Crippen MR) is 58.8 cm³/mol. The average molecular weight is 206 g/mol. The van der Waals surface area contributed by atoms with Gasteiger partial charge in [0.1, 0.15) is 0 Å². The van der Waals surface area contributed by atoms with E-state index in [0.29, 0.717) is 10.5 Å². The minimum atomic E-state index is -1.53. The summed E-state index contributed by atoms with van der Waals surface area (Å²) in [6.07, 6.45) is 0. The van der Waals surface area contributed by atoms with Crippen molar-refractivity contribution in [2.75, 3.05) is 0 Å². The van der Waals surface area contributed by atoms with Gasteiger partial charge in [-0.2, -0.15) is 0 Å². The molecule has 0 aromatic heterocycles. The van der Waals surface area contributed by atoms with Crippen LogP contribution in [0.5, 0.6) is 0 Å². The van der Waals surface area contributed by atoms with Crippen LogP contribution in [0.1, 0.15) is 0 Å². The zero-order valence-electron chi connectivity index (χ0n) is 7.31. The van der Waals surface area contributed by atoms with Crippen molar-refractivity contribution >= 4 is 35.0 Å². The monoisotopic (exact) mass is 206 g/mol. The third kappa shape index (κ3) is 1.50. The van der Waals surface area contributed by atoms with Crippen LogP contribution in [-0.2, 0) is 0 Å². The van der Waals surface area contributed by atoms with Crippen molar-refractivity contribution < 1.29 is 10.0 Å². The Morgan fingerprint density at radius 1 is 1.00 bits per heavy atom. The third-order valence-electron chi connectivity index (χ3n) is 2.18. The molecule has 0 amide bonds. The van der Waals surface area contributed by atoms with Crippen molar-refractivity contribution in [2.24, 2.45) is 0 Å². The second-order valence-electron chi connectivity index (χ2n) is 3.06. The highest BCUT2D eigenvalue weighted by molar-refractivity contribution is 6.66. The molecule has 0 atom stereocenters. The van der Waals surface area contributed by atoms with Crippen molar-refractivity contribution in [3.8, 4) is 0 Å². The normalized spacial score (nSPS) is 10.5. The van der Waals surface area contributed by atoms with Gasteiger partial charge in [-0.1, -0.05) is 41.9 Å². The molecule has 0 unspecified atom stereocenters. The van der Waals surface area contributed by atoms with Crippen molar-refractivity contribution in [3.63, 3.8) is 0 Å². The minimum Gasteiger partial charge on any atom is -0.423 e. The van der Waals surface area contributed by atoms with Gasteiger partial charge in [0.2, 0.25) is 0 Å². The molecule has 70 valence electrons. The molecular formula is C10H8BClO2. The van der Waals surface area contributed by atoms with Crippen LogP contribution in [0.25, 0.3) is 10.8 Å². The zero-order chi connectivity index (χ0) is 10.1. The second-order valence-corrected chi connectivity index (χ2v) is 3.46. The lowest BCUT2D eigenvalue weighted by molar-refractivity contribution is 0.426. The topological polar surface area (TPSA) is 40.5 Å². The maximum Gasteiger partial charge on any atom is 0.490 e. The van der Waals surface area contributed by atoms with E-state index in [4.69, 9.17) is 11.6 Å². The molecule has 2 N–H and O–H groups in total. The molecule has 0 fully saturated rings. The van der Waals surface area contributed by atoms with Gasteiger partial charge < -0.3 is 10.0 Å². The Bertz CT molecular complexity index is 471. The Labute approximate surface area is 86.9 Å². The number of benzene rings is 2. The molecule has 2 nitrogen and oxygen atoms in total. The van der Waals surface area contributed by atoms with Gasteiger partial charge in [-0.3, -0.25) is 0 Å². The predicted octanol–water partition coefficient (Wildman–Crippen LogP) is 1.17. The van der Waals surface area contributed by atoms with E-state index in [1.807, 2.05) is 30.3 Å². The summed E-state index contributed by atoms with van der Waals surface area (Å²) < 4.78 is 0. The van der Waals surface area contributed by atoms with Gasteiger partial charge in [0.25, 0.3) is 0 Å². The fourth-order valence-electron chi connectivity index (χ4n) is 1.53. The summed E-state index contributed by atoms with van der Waals surface area (Å²) in [7, 11) is -1.53. The average Bonchev–Trinajstić information content (AvgIpc) is 2.17. The molecule has 14 heavy (non-hydrogen) atoms. The van der Waals surface area contributed by atoms with Crippen LogP contribution in [0, 0.1) is 0 Å². The molecule has 0 spiro atoms. The molecule has 0 saturated heterocycles. The molecule has 4 heteroatoms. The Morgan fingerprint density at radius 3 is 2.43 bits per heavy atom. The number of fused-ring (bicyclic) bond motifs is 1. The molecule has 0 aliphatic heterocycles. The summed E-state index contributed by atoms with van der Waals surface area (Å²) in [5.41, 5.74) is 0.366. The van der Waals surface area contributed by atoms with Crippen LogP contribution in [0.15, 0.2) is 36.4 Å². The summed E-state index contributed by atoms with van der Waals surface area (Å²) in [6, 6.07) is 11.0. The van der Waals surface area contributed by atoms with Gasteiger partial charge in [-0.05, 0) is 16.8 Å². The van der Waals surface area contributed by atoms with E-state index in [0.717, 1.165) is 10.8 Å². The molecule has 2 rings (SSSR count). The van der Waals surface area contributed by atoms with Crippen molar-refractivity contribution in [2.45, 2.75) is 0 Å². The maximum atomic E-state index is 9.17. The van der Waals surface area contributed by atoms with Crippen molar-refractivity contribution in [1.29, 1.82) is 0 Å². The van der Waals surface area contributed by atoms with E-state index < -0.39 is 7.12 Å². The molecule has 0 aliphatic rings. The van der Waals surface area contributed by atoms with E-state index in [-0.39, 0.29) is 0 Å². The highest BCUT2D eigenvalue weighted by Crippen LogP contribution is 2.17. The smallest absolute Gasteiger partial charge is 0.423 e. The number of hydrogen-bond donors (Lipinski definition) is 2. The Hall–Kier alpha value is -1.03. The first-order valence-corrected chi connectivity index (χ1v) is 4.61. The van der Waals surface area contributed by atoms with Gasteiger partial charge in [-0.15, -0.1) is 0 Å². The van der Waals surface area contributed by atoms with Crippen LogP contribution >= 0.6 is 11.6 Å². The van der Waals surface area contributed by atoms with Gasteiger partial charge in [-0.25, -0.2) is 0 Å². The molecular weight excluding hydrogens is 198 g/mol. The zero-order valence-corrected chi connectivity index (χ0v) is 8.07. The van der Waals surface area contributed by atoms with Crippen LogP contribution in [0.2, 0.25) is 5.02 Å². The first-order valence-electron chi connectivity index (χ1n) is 4.23. The fraction of sp³-hybridized carbons (Fsp3) is 0. The molecule has 0 aliphatic carbocycles. The Kier molecular flexibility index (Phi) is 2.46. The first kappa shape index (κ1) is 9.53. The van der Waals surface area contributed by atoms with Gasteiger partial charge >= 0.3 is 7.12 Å². The largest absolute Gasteiger partial charge is 0.490 e. The second kappa shape index (κ2) is 3.61. The van der Waals surface area contributed by atoms with E-state index in [1.165, 1.54) is 0 Å². The summed E-state index contributed by atoms with van der Waals surface area (Å²) >= 11 is 5.88. The highest BCUT2D eigenvalue weighted by atomic mass is 35.5. The van der Waals surface area contributed by atoms with Crippen molar-refractivity contribution in [1.82, 2.24) is 0 Å². The Morgan fingerprint density at radius 2 is 1.71 bits per heavy atom. The summed E-state index contributed by atoms with van der Waals surface area (Å²) in [4.78, 5) is 0. The van der Waals surface area contributed by atoms with Crippen LogP contribution in [-0.4, -0.2) is 17.2 Å². The summed E-state index contributed by atoms with van der Waals surface area (Å²) in [5.74, 6) is 0. The van der Waals surface area contributed by atoms with Crippen molar-refractivity contribution in [3.05, 3.63) is 41.4 Å². The summed E-state index contributed by atoms with van der Waals surface area (Å²) in [5, 5.41) is 20.4. The Balaban J connectivity index is 2.83. The van der Waals surface area contributed by atoms with Gasteiger partial charge in [0.15, 0.2) is 0 Å². The van der Waals surface area contributed by atoms with Crippen LogP contribution in [0.4, 0.5) is 0 Å². The SMILES string of the molecule is OB(O)c1c(Cl)ccc2ccccc12. The number of rotatable bonds is 1. The molecule has 0 radical (unpaired) electrons. The lowest BCUT2D eigenvalue weighted by Crippen LogP contribution is -2.31. The highest BCUT2D eigenvalue weighted by Gasteiger charge is 2.17. The number of hydrogen-bond acceptors (Lipinski definition) is 2. The third-order valence-corrected chi connectivity index (χ3v) is 2.51. The van der Waals surface area contributed by atoms with Crippen LogP contribution in [0.3, 0.4) is 0 Å². The quantitative estimate of drug-likeness (QED) is 0.688. The van der Waals surface area contributed by atoms with E-state index in [2.05, 4.69) is 0 Å². The van der Waals surface area contributed by atoms with E-state index in [9.17, 15) is 10.0 Å². The van der Waals surface area contributed by atoms with Gasteiger partial charge in [0.05, 0.1) is 0 Å². The minimum absolute atomic E-state index is 0.366. The van der Waals surface area contributed by atoms with Crippen LogP contribution < -0.4 is 5.46 Å². The lowest BCUT2D eigenvalue weighted by Gasteiger charge is -2.07. The molecule has 2 aromatic carbocycles. The molecule has 0 bridgehead atoms. The maximum absolute atomic E-state index is 9.17. The molecule has 2 aromatic rings.